The van der Waals surface area contributed by atoms with Gasteiger partial charge >= 0.3 is 18.1 Å². The van der Waals surface area contributed by atoms with Gasteiger partial charge < -0.3 is 14.0 Å². The Labute approximate surface area is 210 Å². The van der Waals surface area contributed by atoms with Gasteiger partial charge in [-0.3, -0.25) is 9.59 Å². The number of aryl methyl sites for hydroxylation is 1. The molecule has 2 unspecified atom stereocenters. The van der Waals surface area contributed by atoms with Gasteiger partial charge in [0.25, 0.3) is 0 Å². The Bertz CT molecular complexity index is 1410. The highest BCUT2D eigenvalue weighted by molar-refractivity contribution is 6.66. The Kier molecular flexibility index (Phi) is 7.54. The van der Waals surface area contributed by atoms with Crippen LogP contribution in [-0.2, 0) is 22.6 Å². The Balaban J connectivity index is 1.75. The standard InChI is InChI=1S/C23H15ClF5N3O5/c1-11(18(33)15(10-30)19(24)34)36-13-4-6-14(7-5-13)37-21(35)20-31-16-9-12(3-8-17(16)32(20)2)22(25,26)23(27,28)29/h3-9,11,15H,1-2H3. The van der Waals surface area contributed by atoms with Crippen molar-refractivity contribution in [2.24, 2.45) is 13.0 Å². The van der Waals surface area contributed by atoms with Crippen molar-refractivity contribution in [3.8, 4) is 17.6 Å². The number of nitriles is 1. The fourth-order valence-electron chi connectivity index (χ4n) is 3.20. The predicted octanol–water partition coefficient (Wildman–Crippen LogP) is 4.69. The van der Waals surface area contributed by atoms with Crippen LogP contribution in [0.3, 0.4) is 0 Å². The van der Waals surface area contributed by atoms with Gasteiger partial charge in [-0.15, -0.1) is 0 Å². The second-order valence-electron chi connectivity index (χ2n) is 7.66. The molecule has 1 heterocycles. The van der Waals surface area contributed by atoms with Crippen LogP contribution in [0.15, 0.2) is 42.5 Å². The van der Waals surface area contributed by atoms with Gasteiger partial charge in [0.2, 0.25) is 11.1 Å². The second-order valence-corrected chi connectivity index (χ2v) is 8.03. The van der Waals surface area contributed by atoms with Crippen LogP contribution in [0.5, 0.6) is 11.5 Å². The van der Waals surface area contributed by atoms with E-state index in [-0.39, 0.29) is 28.4 Å². The molecule has 3 aromatic rings. The van der Waals surface area contributed by atoms with Crippen molar-refractivity contribution in [3.05, 3.63) is 53.9 Å². The number of carbonyl (C=O) groups is 3. The number of hydrogen-bond donors (Lipinski definition) is 0. The van der Waals surface area contributed by atoms with Gasteiger partial charge in [0.1, 0.15) is 11.5 Å². The summed E-state index contributed by atoms with van der Waals surface area (Å²) in [5, 5.41) is 7.74. The van der Waals surface area contributed by atoms with E-state index in [1.54, 1.807) is 0 Å². The number of nitrogens with zero attached hydrogens (tertiary/aromatic N) is 3. The fourth-order valence-corrected chi connectivity index (χ4v) is 3.36. The quantitative estimate of drug-likeness (QED) is 0.133. The molecule has 2 aromatic carbocycles. The summed E-state index contributed by atoms with van der Waals surface area (Å²) >= 11 is 5.22. The SMILES string of the molecule is CC(Oc1ccc(OC(=O)c2nc3cc(C(F)(F)C(F)(F)F)ccc3n2C)cc1)C(=O)C(C#N)C(=O)Cl. The first-order valence-electron chi connectivity index (χ1n) is 10.2. The third kappa shape index (κ3) is 5.54. The summed E-state index contributed by atoms with van der Waals surface area (Å²) in [6, 6.07) is 8.80. The van der Waals surface area contributed by atoms with Gasteiger partial charge in [-0.2, -0.15) is 27.2 Å². The lowest BCUT2D eigenvalue weighted by Crippen LogP contribution is -2.33. The number of rotatable bonds is 8. The van der Waals surface area contributed by atoms with Crippen LogP contribution in [0.1, 0.15) is 23.1 Å². The average Bonchev–Trinajstić information content (AvgIpc) is 3.15. The van der Waals surface area contributed by atoms with Crippen molar-refractivity contribution >= 4 is 39.6 Å². The van der Waals surface area contributed by atoms with Crippen molar-refractivity contribution in [2.45, 2.75) is 25.1 Å². The molecule has 8 nitrogen and oxygen atoms in total. The number of benzene rings is 2. The van der Waals surface area contributed by atoms with Gasteiger partial charge in [-0.05, 0) is 54.9 Å². The van der Waals surface area contributed by atoms with Gasteiger partial charge in [0.05, 0.1) is 17.1 Å². The zero-order valence-corrected chi connectivity index (χ0v) is 19.6. The number of halogens is 6. The maximum atomic E-state index is 13.7. The van der Waals surface area contributed by atoms with Crippen LogP contribution >= 0.6 is 11.6 Å². The van der Waals surface area contributed by atoms with Crippen molar-refractivity contribution < 1.29 is 45.8 Å². The molecule has 0 amide bonds. The lowest BCUT2D eigenvalue weighted by molar-refractivity contribution is -0.289. The minimum Gasteiger partial charge on any atom is -0.483 e. The number of imidazole rings is 1. The highest BCUT2D eigenvalue weighted by Gasteiger charge is 2.58. The normalized spacial score (nSPS) is 13.5. The first kappa shape index (κ1) is 27.5. The molecular weight excluding hydrogens is 529 g/mol. The molecular formula is C23H15ClF5N3O5. The van der Waals surface area contributed by atoms with Crippen LogP contribution in [0.4, 0.5) is 22.0 Å². The summed E-state index contributed by atoms with van der Waals surface area (Å²) in [5.41, 5.74) is -1.49. The minimum absolute atomic E-state index is 0.0153. The van der Waals surface area contributed by atoms with E-state index >= 15 is 0 Å². The largest absolute Gasteiger partial charge is 0.483 e. The number of hydrogen-bond acceptors (Lipinski definition) is 7. The van der Waals surface area contributed by atoms with Gasteiger partial charge in [0.15, 0.2) is 17.8 Å². The minimum atomic E-state index is -5.81. The molecule has 0 bridgehead atoms. The van der Waals surface area contributed by atoms with Gasteiger partial charge in [-0.25, -0.2) is 9.78 Å². The van der Waals surface area contributed by atoms with E-state index in [0.29, 0.717) is 12.1 Å². The smallest absolute Gasteiger partial charge is 0.458 e. The number of ether oxygens (including phenoxy) is 2. The van der Waals surface area contributed by atoms with Crippen LogP contribution < -0.4 is 9.47 Å². The summed E-state index contributed by atoms with van der Waals surface area (Å²) in [7, 11) is 1.35. The molecule has 14 heteroatoms. The Morgan fingerprint density at radius 3 is 2.19 bits per heavy atom. The first-order chi connectivity index (χ1) is 17.2. The third-order valence-electron chi connectivity index (χ3n) is 5.17. The summed E-state index contributed by atoms with van der Waals surface area (Å²) in [6.45, 7) is 1.31. The molecule has 0 fully saturated rings. The molecule has 37 heavy (non-hydrogen) atoms. The number of fused-ring (bicyclic) bond motifs is 1. The van der Waals surface area contributed by atoms with E-state index in [1.807, 2.05) is 0 Å². The Morgan fingerprint density at radius 2 is 1.65 bits per heavy atom. The lowest BCUT2D eigenvalue weighted by atomic mass is 10.0. The predicted molar refractivity (Wildman–Crippen MR) is 117 cm³/mol. The molecule has 194 valence electrons. The van der Waals surface area contributed by atoms with Crippen molar-refractivity contribution in [1.29, 1.82) is 5.26 Å². The molecule has 0 radical (unpaired) electrons. The van der Waals surface area contributed by atoms with Crippen LogP contribution in [-0.4, -0.2) is 38.8 Å². The van der Waals surface area contributed by atoms with E-state index in [0.717, 1.165) is 6.07 Å². The van der Waals surface area contributed by atoms with Crippen molar-refractivity contribution in [3.63, 3.8) is 0 Å². The highest BCUT2D eigenvalue weighted by atomic mass is 35.5. The maximum absolute atomic E-state index is 13.7. The summed E-state index contributed by atoms with van der Waals surface area (Å²) in [6.07, 6.45) is -7.01. The zero-order chi connectivity index (χ0) is 27.7. The van der Waals surface area contributed by atoms with E-state index in [2.05, 4.69) is 4.98 Å². The number of Topliss-reactive ketones (excluding diaryl/α,β-unsaturated/α-hetero) is 1. The van der Waals surface area contributed by atoms with E-state index in [4.69, 9.17) is 26.3 Å². The molecule has 0 aliphatic heterocycles. The molecule has 0 spiro atoms. The number of ketones is 1. The molecule has 0 saturated heterocycles. The number of aromatic nitrogens is 2. The van der Waals surface area contributed by atoms with Crippen LogP contribution in [0.2, 0.25) is 0 Å². The van der Waals surface area contributed by atoms with Crippen LogP contribution in [0.25, 0.3) is 11.0 Å². The number of esters is 1. The first-order valence-corrected chi connectivity index (χ1v) is 10.6. The average molecular weight is 544 g/mol. The van der Waals surface area contributed by atoms with Crippen molar-refractivity contribution in [2.75, 3.05) is 0 Å². The molecule has 0 saturated carbocycles. The summed E-state index contributed by atoms with van der Waals surface area (Å²) in [5.74, 6) is -8.94. The van der Waals surface area contributed by atoms with E-state index in [1.165, 1.54) is 48.9 Å². The fraction of sp³-hybridized carbons (Fsp3) is 0.261. The summed E-state index contributed by atoms with van der Waals surface area (Å²) in [4.78, 5) is 39.7. The Morgan fingerprint density at radius 1 is 1.05 bits per heavy atom. The highest BCUT2D eigenvalue weighted by Crippen LogP contribution is 2.44. The summed E-state index contributed by atoms with van der Waals surface area (Å²) < 4.78 is 77.1. The third-order valence-corrected chi connectivity index (χ3v) is 5.39. The molecule has 1 aromatic heterocycles. The van der Waals surface area contributed by atoms with E-state index < -0.39 is 46.7 Å². The van der Waals surface area contributed by atoms with E-state index in [9.17, 15) is 36.3 Å². The number of alkyl halides is 5. The molecule has 2 atom stereocenters. The van der Waals surface area contributed by atoms with Gasteiger partial charge in [-0.1, -0.05) is 6.07 Å². The Hall–Kier alpha value is -4.05. The van der Waals surface area contributed by atoms with Crippen LogP contribution in [0, 0.1) is 17.2 Å². The molecule has 0 aliphatic rings. The second kappa shape index (κ2) is 10.1. The van der Waals surface area contributed by atoms with Gasteiger partial charge in [0, 0.05) is 12.6 Å². The zero-order valence-electron chi connectivity index (χ0n) is 18.8. The lowest BCUT2D eigenvalue weighted by Gasteiger charge is -2.19. The number of carbonyl (C=O) groups excluding carboxylic acids is 3. The topological polar surface area (TPSA) is 111 Å². The monoisotopic (exact) mass is 543 g/mol. The molecule has 0 N–H and O–H groups in total. The molecule has 0 aliphatic carbocycles. The maximum Gasteiger partial charge on any atom is 0.458 e. The van der Waals surface area contributed by atoms with Crippen molar-refractivity contribution in [1.82, 2.24) is 9.55 Å². The molecule has 3 rings (SSSR count).